The summed E-state index contributed by atoms with van der Waals surface area (Å²) < 4.78 is 0. The monoisotopic (exact) mass is 809 g/mol. The molecule has 0 saturated carbocycles. The summed E-state index contributed by atoms with van der Waals surface area (Å²) in [5.41, 5.74) is 12.0. The molecule has 2 N–H and O–H groups in total. The van der Waals surface area contributed by atoms with Crippen LogP contribution >= 0.6 is 23.2 Å². The fourth-order valence-electron chi connectivity index (χ4n) is 8.01. The molecule has 2 unspecified atom stereocenters. The first-order chi connectivity index (χ1) is 28.2. The van der Waals surface area contributed by atoms with Crippen molar-refractivity contribution in [3.8, 4) is 22.3 Å². The van der Waals surface area contributed by atoms with Crippen LogP contribution in [0, 0.1) is 13.8 Å². The van der Waals surface area contributed by atoms with E-state index >= 15 is 0 Å². The van der Waals surface area contributed by atoms with E-state index in [2.05, 4.69) is 137 Å². The quantitative estimate of drug-likeness (QED) is 0.161. The van der Waals surface area contributed by atoms with Gasteiger partial charge in [-0.3, -0.25) is 9.80 Å². The molecule has 6 aromatic carbocycles. The molecule has 2 fully saturated rings. The number of nitrogens with zero attached hydrogens (tertiary/aromatic N) is 3. The van der Waals surface area contributed by atoms with Gasteiger partial charge in [-0.25, -0.2) is 4.79 Å². The number of carbonyl (C=O) groups is 1. The molecule has 298 valence electrons. The first-order valence-corrected chi connectivity index (χ1v) is 21.0. The molecule has 0 bridgehead atoms. The summed E-state index contributed by atoms with van der Waals surface area (Å²) in [6.07, 6.45) is 0. The van der Waals surface area contributed by atoms with Crippen molar-refractivity contribution in [2.45, 2.75) is 39.0 Å². The van der Waals surface area contributed by atoms with Gasteiger partial charge in [0.1, 0.15) is 0 Å². The van der Waals surface area contributed by atoms with E-state index in [1.165, 1.54) is 38.9 Å². The molecule has 2 aliphatic rings. The zero-order valence-electron chi connectivity index (χ0n) is 33.7. The van der Waals surface area contributed by atoms with Gasteiger partial charge in [-0.15, -0.1) is 0 Å². The van der Waals surface area contributed by atoms with Crippen LogP contribution in [0.2, 0.25) is 10.0 Å². The minimum atomic E-state index is -0.0205. The van der Waals surface area contributed by atoms with Crippen LogP contribution in [-0.4, -0.2) is 67.0 Å². The lowest BCUT2D eigenvalue weighted by Gasteiger charge is -2.41. The lowest BCUT2D eigenvalue weighted by molar-refractivity contribution is 0.0905. The molecular formula is C50H53Cl2N5O. The molecule has 0 aromatic heterocycles. The SMILES string of the molecule is CNC(=O)N1CCN(Cc2ccc(-c3cc(C)ccc3Cl)cc2)CC1c1ccccc1.Cc1ccc(Cl)c(-c2ccc(CN3CCNC(c4ccccc4)C3)cc2)c1. The minimum absolute atomic E-state index is 0.0205. The number of amides is 2. The molecule has 0 aliphatic carbocycles. The number of rotatable bonds is 8. The minimum Gasteiger partial charge on any atom is -0.341 e. The highest BCUT2D eigenvalue weighted by Crippen LogP contribution is 2.32. The molecule has 8 heteroatoms. The molecule has 2 aliphatic heterocycles. The third kappa shape index (κ3) is 10.6. The van der Waals surface area contributed by atoms with Crippen LogP contribution in [0.4, 0.5) is 4.79 Å². The first-order valence-electron chi connectivity index (χ1n) is 20.2. The van der Waals surface area contributed by atoms with Crippen molar-refractivity contribution in [1.29, 1.82) is 0 Å². The average molecular weight is 811 g/mol. The van der Waals surface area contributed by atoms with Gasteiger partial charge < -0.3 is 15.5 Å². The number of benzene rings is 6. The van der Waals surface area contributed by atoms with Crippen LogP contribution in [0.25, 0.3) is 22.3 Å². The van der Waals surface area contributed by atoms with E-state index in [9.17, 15) is 4.79 Å². The fourth-order valence-corrected chi connectivity index (χ4v) is 8.46. The predicted octanol–water partition coefficient (Wildman–Crippen LogP) is 11.0. The van der Waals surface area contributed by atoms with E-state index in [1.807, 2.05) is 47.4 Å². The third-order valence-corrected chi connectivity index (χ3v) is 11.8. The van der Waals surface area contributed by atoms with Crippen molar-refractivity contribution < 1.29 is 4.79 Å². The number of nitrogens with one attached hydrogen (secondary N) is 2. The Bertz CT molecular complexity index is 2250. The van der Waals surface area contributed by atoms with Crippen LogP contribution in [-0.2, 0) is 13.1 Å². The van der Waals surface area contributed by atoms with E-state index in [0.717, 1.165) is 72.5 Å². The third-order valence-electron chi connectivity index (χ3n) is 11.2. The highest BCUT2D eigenvalue weighted by atomic mass is 35.5. The van der Waals surface area contributed by atoms with Crippen LogP contribution < -0.4 is 10.6 Å². The Kier molecular flexibility index (Phi) is 14.0. The van der Waals surface area contributed by atoms with Crippen molar-refractivity contribution in [2.75, 3.05) is 46.3 Å². The van der Waals surface area contributed by atoms with Crippen LogP contribution in [0.3, 0.4) is 0 Å². The van der Waals surface area contributed by atoms with Crippen LogP contribution in [0.1, 0.15) is 45.5 Å². The van der Waals surface area contributed by atoms with Gasteiger partial charge in [0.25, 0.3) is 0 Å². The number of hydrogen-bond donors (Lipinski definition) is 2. The topological polar surface area (TPSA) is 50.9 Å². The van der Waals surface area contributed by atoms with Gasteiger partial charge in [-0.05, 0) is 71.5 Å². The Balaban J connectivity index is 0.000000178. The predicted molar refractivity (Wildman–Crippen MR) is 241 cm³/mol. The Morgan fingerprint density at radius 2 is 1.12 bits per heavy atom. The second kappa shape index (κ2) is 19.7. The maximum Gasteiger partial charge on any atom is 0.317 e. The summed E-state index contributed by atoms with van der Waals surface area (Å²) in [5, 5.41) is 8.00. The van der Waals surface area contributed by atoms with Crippen molar-refractivity contribution in [3.63, 3.8) is 0 Å². The highest BCUT2D eigenvalue weighted by molar-refractivity contribution is 6.33. The van der Waals surface area contributed by atoms with Gasteiger partial charge in [-0.1, -0.05) is 156 Å². The number of urea groups is 1. The van der Waals surface area contributed by atoms with Gasteiger partial charge in [0.05, 0.1) is 6.04 Å². The maximum atomic E-state index is 12.4. The second-order valence-electron chi connectivity index (χ2n) is 15.4. The molecule has 2 saturated heterocycles. The molecule has 2 atom stereocenters. The van der Waals surface area contributed by atoms with Gasteiger partial charge in [0, 0.05) is 86.6 Å². The average Bonchev–Trinajstić information content (AvgIpc) is 3.26. The van der Waals surface area contributed by atoms with E-state index in [1.54, 1.807) is 7.05 Å². The Labute approximate surface area is 354 Å². The first kappa shape index (κ1) is 41.2. The van der Waals surface area contributed by atoms with Crippen molar-refractivity contribution in [2.24, 2.45) is 0 Å². The number of aryl methyl sites for hydroxylation is 2. The number of carbonyl (C=O) groups excluding carboxylic acids is 1. The largest absolute Gasteiger partial charge is 0.341 e. The Morgan fingerprint density at radius 1 is 0.621 bits per heavy atom. The Morgan fingerprint density at radius 3 is 1.64 bits per heavy atom. The number of halogens is 2. The second-order valence-corrected chi connectivity index (χ2v) is 16.2. The molecule has 2 heterocycles. The van der Waals surface area contributed by atoms with Gasteiger partial charge in [0.15, 0.2) is 0 Å². The van der Waals surface area contributed by atoms with Gasteiger partial charge >= 0.3 is 6.03 Å². The molecule has 0 spiro atoms. The molecule has 6 aromatic rings. The Hall–Kier alpha value is -4.95. The van der Waals surface area contributed by atoms with Crippen LogP contribution in [0.15, 0.2) is 146 Å². The standard InChI is InChI=1S/C26H28ClN3O.C24H25ClN2/c1-19-8-13-24(27)23(16-19)21-11-9-20(10-12-21)17-29-14-15-30(26(31)28-2)25(18-29)22-6-4-3-5-7-22;1-18-7-12-23(25)22(15-18)20-10-8-19(9-11-20)16-27-14-13-26-24(17-27)21-5-3-2-4-6-21/h3-13,16,25H,14-15,17-18H2,1-2H3,(H,28,31);2-12,15,24,26H,13-14,16-17H2,1H3. The maximum absolute atomic E-state index is 12.4. The molecular weight excluding hydrogens is 757 g/mol. The van der Waals surface area contributed by atoms with Crippen molar-refractivity contribution in [1.82, 2.24) is 25.3 Å². The molecule has 8 rings (SSSR count). The van der Waals surface area contributed by atoms with E-state index < -0.39 is 0 Å². The molecule has 2 amide bonds. The fraction of sp³-hybridized carbons (Fsp3) is 0.260. The summed E-state index contributed by atoms with van der Waals surface area (Å²) in [4.78, 5) is 19.3. The number of piperazine rings is 2. The summed E-state index contributed by atoms with van der Waals surface area (Å²) >= 11 is 12.8. The number of hydrogen-bond acceptors (Lipinski definition) is 4. The zero-order valence-corrected chi connectivity index (χ0v) is 35.2. The smallest absolute Gasteiger partial charge is 0.317 e. The van der Waals surface area contributed by atoms with Gasteiger partial charge in [0.2, 0.25) is 0 Å². The lowest BCUT2D eigenvalue weighted by atomic mass is 10.0. The van der Waals surface area contributed by atoms with E-state index in [4.69, 9.17) is 23.2 Å². The van der Waals surface area contributed by atoms with Gasteiger partial charge in [-0.2, -0.15) is 0 Å². The van der Waals surface area contributed by atoms with Crippen molar-refractivity contribution in [3.05, 3.63) is 189 Å². The summed E-state index contributed by atoms with van der Waals surface area (Å²) in [5.74, 6) is 0. The molecule has 0 radical (unpaired) electrons. The zero-order chi connectivity index (χ0) is 40.4. The summed E-state index contributed by atoms with van der Waals surface area (Å²) in [6.45, 7) is 11.5. The highest BCUT2D eigenvalue weighted by Gasteiger charge is 2.31. The summed E-state index contributed by atoms with van der Waals surface area (Å²) in [7, 11) is 1.69. The summed E-state index contributed by atoms with van der Waals surface area (Å²) in [6, 6.07) is 51.2. The van der Waals surface area contributed by atoms with Crippen LogP contribution in [0.5, 0.6) is 0 Å². The van der Waals surface area contributed by atoms with Crippen molar-refractivity contribution >= 4 is 29.2 Å². The molecule has 6 nitrogen and oxygen atoms in total. The normalized spacial score (nSPS) is 17.3. The van der Waals surface area contributed by atoms with E-state index in [-0.39, 0.29) is 12.1 Å². The molecule has 58 heavy (non-hydrogen) atoms. The van der Waals surface area contributed by atoms with E-state index in [0.29, 0.717) is 12.6 Å². The lowest BCUT2D eigenvalue weighted by Crippen LogP contribution is -2.52.